The van der Waals surface area contributed by atoms with E-state index >= 15 is 0 Å². The molecule has 96 valence electrons. The van der Waals surface area contributed by atoms with Gasteiger partial charge in [-0.15, -0.1) is 0 Å². The van der Waals surface area contributed by atoms with E-state index in [1.54, 1.807) is 13.8 Å². The second kappa shape index (κ2) is 6.50. The van der Waals surface area contributed by atoms with Gasteiger partial charge in [-0.2, -0.15) is 0 Å². The Labute approximate surface area is 111 Å². The van der Waals surface area contributed by atoms with Crippen molar-refractivity contribution in [1.29, 1.82) is 0 Å². The molecular weight excluding hydrogens is 282 g/mol. The molecule has 0 aliphatic heterocycles. The van der Waals surface area contributed by atoms with Crippen LogP contribution in [0.25, 0.3) is 0 Å². The molecule has 0 aliphatic rings. The molecule has 0 saturated heterocycles. The Hall–Kier alpha value is -0.420. The molecule has 3 nitrogen and oxygen atoms in total. The van der Waals surface area contributed by atoms with Crippen LogP contribution in [0.4, 0.5) is 0 Å². The van der Waals surface area contributed by atoms with Crippen molar-refractivity contribution >= 4 is 15.9 Å². The van der Waals surface area contributed by atoms with Crippen molar-refractivity contribution in [2.24, 2.45) is 0 Å². The molecule has 0 radical (unpaired) electrons. The van der Waals surface area contributed by atoms with Crippen LogP contribution >= 0.6 is 15.9 Å². The van der Waals surface area contributed by atoms with Crippen LogP contribution in [-0.2, 0) is 6.54 Å². The first kappa shape index (κ1) is 14.6. The van der Waals surface area contributed by atoms with Gasteiger partial charge in [-0.1, -0.05) is 28.1 Å². The van der Waals surface area contributed by atoms with Crippen LogP contribution in [0.5, 0.6) is 0 Å². The fourth-order valence-electron chi connectivity index (χ4n) is 1.75. The van der Waals surface area contributed by atoms with Gasteiger partial charge in [-0.25, -0.2) is 0 Å². The summed E-state index contributed by atoms with van der Waals surface area (Å²) >= 11 is 3.40. The smallest absolute Gasteiger partial charge is 0.0718 e. The molecule has 0 saturated carbocycles. The van der Waals surface area contributed by atoms with E-state index in [2.05, 4.69) is 15.9 Å². The zero-order valence-electron chi connectivity index (χ0n) is 10.4. The first-order valence-corrected chi connectivity index (χ1v) is 6.50. The zero-order valence-corrected chi connectivity index (χ0v) is 11.9. The van der Waals surface area contributed by atoms with Crippen molar-refractivity contribution in [3.8, 4) is 0 Å². The summed E-state index contributed by atoms with van der Waals surface area (Å²) in [6.45, 7) is 5.51. The average Bonchev–Trinajstić information content (AvgIpc) is 2.19. The normalized spacial score (nSPS) is 12.1. The van der Waals surface area contributed by atoms with Crippen LogP contribution in [0, 0.1) is 0 Å². The molecule has 1 aromatic rings. The maximum Gasteiger partial charge on any atom is 0.0718 e. The van der Waals surface area contributed by atoms with E-state index in [1.165, 1.54) is 5.56 Å². The van der Waals surface area contributed by atoms with Crippen molar-refractivity contribution in [3.05, 3.63) is 34.3 Å². The minimum atomic E-state index is -0.746. The highest BCUT2D eigenvalue weighted by Gasteiger charge is 2.17. The largest absolute Gasteiger partial charge is 0.395 e. The minimum absolute atomic E-state index is 0.104. The summed E-state index contributed by atoms with van der Waals surface area (Å²) in [6, 6.07) is 8.07. The highest BCUT2D eigenvalue weighted by molar-refractivity contribution is 9.10. The highest BCUT2D eigenvalue weighted by Crippen LogP contribution is 2.13. The molecule has 0 atom stereocenters. The van der Waals surface area contributed by atoms with Crippen LogP contribution in [0.1, 0.15) is 19.4 Å². The van der Waals surface area contributed by atoms with E-state index in [0.29, 0.717) is 13.1 Å². The van der Waals surface area contributed by atoms with Crippen LogP contribution < -0.4 is 0 Å². The SMILES string of the molecule is CC(C)(O)CN(CCO)Cc1ccc(Br)cc1. The van der Waals surface area contributed by atoms with Gasteiger partial charge in [0, 0.05) is 24.1 Å². The fraction of sp³-hybridized carbons (Fsp3) is 0.538. The van der Waals surface area contributed by atoms with E-state index in [0.717, 1.165) is 11.0 Å². The van der Waals surface area contributed by atoms with Gasteiger partial charge >= 0.3 is 0 Å². The molecule has 1 aromatic carbocycles. The molecule has 0 heterocycles. The molecule has 0 amide bonds. The summed E-state index contributed by atoms with van der Waals surface area (Å²) in [5.41, 5.74) is 0.427. The van der Waals surface area contributed by atoms with Crippen molar-refractivity contribution < 1.29 is 10.2 Å². The maximum atomic E-state index is 9.81. The van der Waals surface area contributed by atoms with E-state index in [1.807, 2.05) is 29.2 Å². The third-order valence-electron chi connectivity index (χ3n) is 2.35. The van der Waals surface area contributed by atoms with Gasteiger partial charge in [0.15, 0.2) is 0 Å². The molecular formula is C13H20BrNO2. The Kier molecular flexibility index (Phi) is 5.59. The Morgan fingerprint density at radius 1 is 1.24 bits per heavy atom. The molecule has 0 unspecified atom stereocenters. The maximum absolute atomic E-state index is 9.81. The van der Waals surface area contributed by atoms with Crippen LogP contribution in [0.3, 0.4) is 0 Å². The highest BCUT2D eigenvalue weighted by atomic mass is 79.9. The van der Waals surface area contributed by atoms with Crippen molar-refractivity contribution in [2.45, 2.75) is 26.0 Å². The minimum Gasteiger partial charge on any atom is -0.395 e. The lowest BCUT2D eigenvalue weighted by Crippen LogP contribution is -2.39. The standard InChI is InChI=1S/C13H20BrNO2/c1-13(2,17)10-15(7-8-16)9-11-3-5-12(14)6-4-11/h3-6,16-17H,7-10H2,1-2H3. The lowest BCUT2D eigenvalue weighted by atomic mass is 10.1. The number of aliphatic hydroxyl groups excluding tert-OH is 1. The van der Waals surface area contributed by atoms with Crippen molar-refractivity contribution in [2.75, 3.05) is 19.7 Å². The van der Waals surface area contributed by atoms with Crippen molar-refractivity contribution in [1.82, 2.24) is 4.90 Å². The van der Waals surface area contributed by atoms with Gasteiger partial charge in [0.05, 0.1) is 12.2 Å². The number of nitrogens with zero attached hydrogens (tertiary/aromatic N) is 1. The topological polar surface area (TPSA) is 43.7 Å². The summed E-state index contributed by atoms with van der Waals surface area (Å²) in [4.78, 5) is 2.04. The summed E-state index contributed by atoms with van der Waals surface area (Å²) < 4.78 is 1.05. The molecule has 0 spiro atoms. The number of halogens is 1. The zero-order chi connectivity index (χ0) is 12.9. The van der Waals surface area contributed by atoms with Gasteiger partial charge in [-0.3, -0.25) is 4.90 Å². The number of hydrogen-bond donors (Lipinski definition) is 2. The Morgan fingerprint density at radius 2 is 1.82 bits per heavy atom. The molecule has 4 heteroatoms. The Morgan fingerprint density at radius 3 is 2.29 bits per heavy atom. The molecule has 0 aliphatic carbocycles. The van der Waals surface area contributed by atoms with Gasteiger partial charge < -0.3 is 10.2 Å². The van der Waals surface area contributed by atoms with E-state index in [9.17, 15) is 5.11 Å². The lowest BCUT2D eigenvalue weighted by molar-refractivity contribution is 0.0281. The molecule has 0 aromatic heterocycles. The van der Waals surface area contributed by atoms with Gasteiger partial charge in [0.1, 0.15) is 0 Å². The second-order valence-electron chi connectivity index (χ2n) is 4.87. The number of benzene rings is 1. The predicted molar refractivity (Wildman–Crippen MR) is 72.8 cm³/mol. The van der Waals surface area contributed by atoms with E-state index in [-0.39, 0.29) is 6.61 Å². The molecule has 17 heavy (non-hydrogen) atoms. The summed E-state index contributed by atoms with van der Waals surface area (Å²) in [5, 5.41) is 18.8. The number of hydrogen-bond acceptors (Lipinski definition) is 3. The quantitative estimate of drug-likeness (QED) is 0.845. The summed E-state index contributed by atoms with van der Waals surface area (Å²) in [5.74, 6) is 0. The first-order valence-electron chi connectivity index (χ1n) is 5.71. The fourth-order valence-corrected chi connectivity index (χ4v) is 2.01. The van der Waals surface area contributed by atoms with Crippen LogP contribution in [-0.4, -0.2) is 40.4 Å². The summed E-state index contributed by atoms with van der Waals surface area (Å²) in [6.07, 6.45) is 0. The van der Waals surface area contributed by atoms with Gasteiger partial charge in [0.25, 0.3) is 0 Å². The van der Waals surface area contributed by atoms with Crippen LogP contribution in [0.2, 0.25) is 0 Å². The monoisotopic (exact) mass is 301 g/mol. The first-order chi connectivity index (χ1) is 7.90. The van der Waals surface area contributed by atoms with Crippen LogP contribution in [0.15, 0.2) is 28.7 Å². The van der Waals surface area contributed by atoms with E-state index in [4.69, 9.17) is 5.11 Å². The predicted octanol–water partition coefficient (Wildman–Crippen LogP) is 2.01. The molecule has 0 fully saturated rings. The lowest BCUT2D eigenvalue weighted by Gasteiger charge is -2.28. The summed E-state index contributed by atoms with van der Waals surface area (Å²) in [7, 11) is 0. The number of rotatable bonds is 6. The molecule has 2 N–H and O–H groups in total. The van der Waals surface area contributed by atoms with Gasteiger partial charge in [-0.05, 0) is 31.5 Å². The average molecular weight is 302 g/mol. The van der Waals surface area contributed by atoms with Crippen molar-refractivity contribution in [3.63, 3.8) is 0 Å². The Bertz CT molecular complexity index is 332. The van der Waals surface area contributed by atoms with E-state index < -0.39 is 5.60 Å². The molecule has 0 bridgehead atoms. The van der Waals surface area contributed by atoms with Gasteiger partial charge in [0.2, 0.25) is 0 Å². The molecule has 1 rings (SSSR count). The third-order valence-corrected chi connectivity index (χ3v) is 2.87. The second-order valence-corrected chi connectivity index (χ2v) is 5.79. The Balaban J connectivity index is 2.63. The number of aliphatic hydroxyl groups is 2. The third kappa shape index (κ3) is 6.17.